The molecule has 0 aliphatic carbocycles. The number of anilines is 2. The molecule has 4 aromatic rings. The van der Waals surface area contributed by atoms with Crippen molar-refractivity contribution in [2.45, 2.75) is 20.0 Å². The van der Waals surface area contributed by atoms with Gasteiger partial charge in [-0.25, -0.2) is 4.98 Å². The molecular formula is C27H23N3O3S. The lowest BCUT2D eigenvalue weighted by Crippen LogP contribution is -2.47. The molecule has 0 radical (unpaired) electrons. The Morgan fingerprint density at radius 3 is 2.59 bits per heavy atom. The average Bonchev–Trinajstić information content (AvgIpc) is 3.34. The van der Waals surface area contributed by atoms with Crippen molar-refractivity contribution in [2.24, 2.45) is 0 Å². The number of thiazole rings is 1. The van der Waals surface area contributed by atoms with E-state index in [0.717, 1.165) is 27.4 Å². The molecule has 1 unspecified atom stereocenters. The quantitative estimate of drug-likeness (QED) is 0.417. The molecule has 3 aromatic carbocycles. The van der Waals surface area contributed by atoms with Crippen LogP contribution in [0, 0.1) is 6.92 Å². The van der Waals surface area contributed by atoms with E-state index in [2.05, 4.69) is 5.32 Å². The van der Waals surface area contributed by atoms with Crippen LogP contribution in [0.4, 0.5) is 11.4 Å². The Balaban J connectivity index is 1.42. The van der Waals surface area contributed by atoms with Crippen LogP contribution in [0.1, 0.15) is 12.5 Å². The van der Waals surface area contributed by atoms with Crippen LogP contribution < -0.4 is 15.0 Å². The van der Waals surface area contributed by atoms with Crippen LogP contribution >= 0.6 is 11.3 Å². The van der Waals surface area contributed by atoms with Crippen molar-refractivity contribution < 1.29 is 14.3 Å². The summed E-state index contributed by atoms with van der Waals surface area (Å²) < 4.78 is 5.81. The molecule has 5 rings (SSSR count). The minimum absolute atomic E-state index is 0.108. The zero-order valence-electron chi connectivity index (χ0n) is 18.8. The van der Waals surface area contributed by atoms with E-state index in [-0.39, 0.29) is 18.4 Å². The van der Waals surface area contributed by atoms with Crippen molar-refractivity contribution in [3.63, 3.8) is 0 Å². The van der Waals surface area contributed by atoms with E-state index in [1.807, 2.05) is 85.1 Å². The van der Waals surface area contributed by atoms with Gasteiger partial charge in [0.1, 0.15) is 17.3 Å². The van der Waals surface area contributed by atoms with Crippen molar-refractivity contribution >= 4 is 34.5 Å². The Bertz CT molecular complexity index is 1350. The third-order valence-electron chi connectivity index (χ3n) is 5.63. The number of hydrogen-bond donors (Lipinski definition) is 1. The van der Waals surface area contributed by atoms with E-state index >= 15 is 0 Å². The molecule has 0 spiro atoms. The van der Waals surface area contributed by atoms with Gasteiger partial charge >= 0.3 is 0 Å². The lowest BCUT2D eigenvalue weighted by Gasteiger charge is -2.32. The van der Waals surface area contributed by atoms with Crippen molar-refractivity contribution in [1.82, 2.24) is 4.98 Å². The molecule has 34 heavy (non-hydrogen) atoms. The van der Waals surface area contributed by atoms with E-state index in [1.54, 1.807) is 18.3 Å². The van der Waals surface area contributed by atoms with Gasteiger partial charge < -0.3 is 10.1 Å². The fraction of sp³-hybridized carbons (Fsp3) is 0.148. The van der Waals surface area contributed by atoms with Crippen LogP contribution in [0.5, 0.6) is 5.75 Å². The maximum atomic E-state index is 13.0. The van der Waals surface area contributed by atoms with Crippen molar-refractivity contribution in [1.29, 1.82) is 0 Å². The summed E-state index contributed by atoms with van der Waals surface area (Å²) >= 11 is 1.56. The van der Waals surface area contributed by atoms with Gasteiger partial charge in [-0.15, -0.1) is 11.3 Å². The molecule has 0 fully saturated rings. The van der Waals surface area contributed by atoms with Crippen molar-refractivity contribution in [3.05, 3.63) is 83.7 Å². The zero-order chi connectivity index (χ0) is 23.7. The zero-order valence-corrected chi connectivity index (χ0v) is 19.6. The molecule has 6 nitrogen and oxygen atoms in total. The molecule has 1 atom stereocenters. The van der Waals surface area contributed by atoms with Crippen molar-refractivity contribution in [3.8, 4) is 27.6 Å². The Morgan fingerprint density at radius 2 is 1.82 bits per heavy atom. The first kappa shape index (κ1) is 21.9. The lowest BCUT2D eigenvalue weighted by molar-refractivity contribution is -0.127. The van der Waals surface area contributed by atoms with Gasteiger partial charge in [0.05, 0.1) is 11.4 Å². The average molecular weight is 470 g/mol. The molecule has 1 N–H and O–H groups in total. The predicted octanol–water partition coefficient (Wildman–Crippen LogP) is 5.54. The van der Waals surface area contributed by atoms with Gasteiger partial charge in [-0.3, -0.25) is 14.5 Å². The topological polar surface area (TPSA) is 71.5 Å². The number of fused-ring (bicyclic) bond motifs is 1. The lowest BCUT2D eigenvalue weighted by atomic mass is 10.1. The van der Waals surface area contributed by atoms with Crippen molar-refractivity contribution in [2.75, 3.05) is 16.8 Å². The number of benzene rings is 3. The molecule has 0 saturated carbocycles. The summed E-state index contributed by atoms with van der Waals surface area (Å²) in [6, 6.07) is 23.2. The van der Waals surface area contributed by atoms with Crippen LogP contribution in [-0.2, 0) is 9.59 Å². The number of nitrogens with zero attached hydrogens (tertiary/aromatic N) is 2. The predicted molar refractivity (Wildman–Crippen MR) is 135 cm³/mol. The Morgan fingerprint density at radius 1 is 1.06 bits per heavy atom. The Kier molecular flexibility index (Phi) is 5.86. The fourth-order valence-corrected chi connectivity index (χ4v) is 4.67. The summed E-state index contributed by atoms with van der Waals surface area (Å²) in [7, 11) is 0. The normalized spacial score (nSPS) is 14.9. The first-order valence-electron chi connectivity index (χ1n) is 11.0. The number of carbonyl (C=O) groups excluding carboxylic acids is 2. The number of amides is 2. The second kappa shape index (κ2) is 9.11. The molecule has 0 bridgehead atoms. The molecule has 1 aromatic heterocycles. The van der Waals surface area contributed by atoms with E-state index < -0.39 is 6.10 Å². The van der Waals surface area contributed by atoms with Gasteiger partial charge in [-0.05, 0) is 44.2 Å². The van der Waals surface area contributed by atoms with E-state index in [4.69, 9.17) is 9.72 Å². The molecular weight excluding hydrogens is 446 g/mol. The third-order valence-corrected chi connectivity index (χ3v) is 6.52. The van der Waals surface area contributed by atoms with E-state index in [0.29, 0.717) is 17.1 Å². The SMILES string of the molecule is Cc1ccc(NC(=O)CN2C(=O)C(C)Oc3ccc(-c4csc(-c5ccccc5)n4)cc32)cc1. The first-order chi connectivity index (χ1) is 16.5. The second-order valence-electron chi connectivity index (χ2n) is 8.19. The minimum Gasteiger partial charge on any atom is -0.479 e. The number of hydrogen-bond acceptors (Lipinski definition) is 5. The summed E-state index contributed by atoms with van der Waals surface area (Å²) in [5.74, 6) is 0.0344. The summed E-state index contributed by atoms with van der Waals surface area (Å²) in [6.07, 6.45) is -0.672. The van der Waals surface area contributed by atoms with Crippen LogP contribution in [0.3, 0.4) is 0 Å². The summed E-state index contributed by atoms with van der Waals surface area (Å²) in [5, 5.41) is 5.78. The first-order valence-corrected chi connectivity index (χ1v) is 11.9. The molecule has 2 heterocycles. The van der Waals surface area contributed by atoms with Crippen LogP contribution in [0.15, 0.2) is 78.2 Å². The number of aromatic nitrogens is 1. The van der Waals surface area contributed by atoms with Gasteiger partial charge in [-0.2, -0.15) is 0 Å². The summed E-state index contributed by atoms with van der Waals surface area (Å²) in [5.41, 5.74) is 5.07. The number of nitrogens with one attached hydrogen (secondary N) is 1. The molecule has 1 aliphatic heterocycles. The van der Waals surface area contributed by atoms with Crippen LogP contribution in [0.25, 0.3) is 21.8 Å². The molecule has 1 aliphatic rings. The second-order valence-corrected chi connectivity index (χ2v) is 9.04. The molecule has 170 valence electrons. The van der Waals surface area contributed by atoms with E-state index in [1.165, 1.54) is 4.90 Å². The number of aryl methyl sites for hydroxylation is 1. The van der Waals surface area contributed by atoms with Crippen LogP contribution in [0.2, 0.25) is 0 Å². The van der Waals surface area contributed by atoms with Gasteiger partial charge in [-0.1, -0.05) is 48.0 Å². The highest BCUT2D eigenvalue weighted by Crippen LogP contribution is 2.38. The van der Waals surface area contributed by atoms with E-state index in [9.17, 15) is 9.59 Å². The number of carbonyl (C=O) groups is 2. The molecule has 2 amide bonds. The van der Waals surface area contributed by atoms with Gasteiger partial charge in [0.25, 0.3) is 5.91 Å². The number of ether oxygens (including phenoxy) is 1. The summed E-state index contributed by atoms with van der Waals surface area (Å²) in [6.45, 7) is 3.57. The minimum atomic E-state index is -0.672. The third kappa shape index (κ3) is 4.43. The fourth-order valence-electron chi connectivity index (χ4n) is 3.83. The highest BCUT2D eigenvalue weighted by Gasteiger charge is 2.33. The van der Waals surface area contributed by atoms with Gasteiger partial charge in [0.15, 0.2) is 6.10 Å². The Labute approximate surface area is 201 Å². The monoisotopic (exact) mass is 469 g/mol. The maximum Gasteiger partial charge on any atom is 0.268 e. The van der Waals surface area contributed by atoms with Crippen LogP contribution in [-0.4, -0.2) is 29.4 Å². The smallest absolute Gasteiger partial charge is 0.268 e. The maximum absolute atomic E-state index is 13.0. The summed E-state index contributed by atoms with van der Waals surface area (Å²) in [4.78, 5) is 32.0. The molecule has 7 heteroatoms. The standard InChI is InChI=1S/C27H23N3O3S/c1-17-8-11-21(12-9-17)28-25(31)15-30-23-14-20(10-13-24(23)33-18(2)27(30)32)22-16-34-26(29-22)19-6-4-3-5-7-19/h3-14,16,18H,15H2,1-2H3,(H,28,31). The highest BCUT2D eigenvalue weighted by atomic mass is 32.1. The van der Waals surface area contributed by atoms with Gasteiger partial charge in [0.2, 0.25) is 5.91 Å². The number of rotatable bonds is 5. The molecule has 0 saturated heterocycles. The highest BCUT2D eigenvalue weighted by molar-refractivity contribution is 7.13. The Hall–Kier alpha value is -3.97. The van der Waals surface area contributed by atoms with Gasteiger partial charge in [0, 0.05) is 22.2 Å². The largest absolute Gasteiger partial charge is 0.479 e.